The molecule has 0 aliphatic carbocycles. The van der Waals surface area contributed by atoms with E-state index in [9.17, 15) is 13.2 Å². The predicted octanol–water partition coefficient (Wildman–Crippen LogP) is -1.63. The van der Waals surface area contributed by atoms with E-state index in [1.807, 2.05) is 11.9 Å². The van der Waals surface area contributed by atoms with Gasteiger partial charge in [-0.25, -0.2) is 12.7 Å². The number of aliphatic carboxylic acids is 1. The molecule has 17 heavy (non-hydrogen) atoms. The lowest BCUT2D eigenvalue weighted by atomic mass is 10.4. The van der Waals surface area contributed by atoms with Crippen LogP contribution < -0.4 is 5.73 Å². The summed E-state index contributed by atoms with van der Waals surface area (Å²) in [6.45, 7) is 2.32. The van der Waals surface area contributed by atoms with Crippen LogP contribution >= 0.6 is 0 Å². The first kappa shape index (κ1) is 14.4. The van der Waals surface area contributed by atoms with Gasteiger partial charge < -0.3 is 15.7 Å². The first-order valence-electron chi connectivity index (χ1n) is 5.47. The van der Waals surface area contributed by atoms with Gasteiger partial charge in [-0.1, -0.05) is 0 Å². The zero-order valence-electron chi connectivity index (χ0n) is 9.87. The highest BCUT2D eigenvalue weighted by Gasteiger charge is 2.28. The molecule has 0 radical (unpaired) electrons. The van der Waals surface area contributed by atoms with E-state index in [0.717, 1.165) is 13.0 Å². The molecule has 3 N–H and O–H groups in total. The number of nitrogens with two attached hydrogens (primary N) is 1. The molecule has 1 rings (SSSR count). The lowest BCUT2D eigenvalue weighted by Gasteiger charge is -2.21. The van der Waals surface area contributed by atoms with Crippen molar-refractivity contribution < 1.29 is 18.3 Å². The maximum absolute atomic E-state index is 11.9. The molecular formula is C9H19N3O4S. The Morgan fingerprint density at radius 1 is 1.35 bits per heavy atom. The van der Waals surface area contributed by atoms with Crippen LogP contribution in [0.15, 0.2) is 0 Å². The smallest absolute Gasteiger partial charge is 0.321 e. The molecule has 100 valence electrons. The van der Waals surface area contributed by atoms with E-state index >= 15 is 0 Å². The standard InChI is InChI=1S/C9H19N3O4S/c1-11-3-2-4-12(6-5-11)17(15,16)7-8(10)9(13)14/h8H,2-7,10H2,1H3,(H,13,14). The van der Waals surface area contributed by atoms with Crippen LogP contribution in [-0.2, 0) is 14.8 Å². The number of nitrogens with zero attached hydrogens (tertiary/aromatic N) is 2. The van der Waals surface area contributed by atoms with Gasteiger partial charge in [0.2, 0.25) is 10.0 Å². The monoisotopic (exact) mass is 265 g/mol. The third kappa shape index (κ3) is 4.23. The maximum atomic E-state index is 11.9. The normalized spacial score (nSPS) is 22.0. The van der Waals surface area contributed by atoms with Gasteiger partial charge in [0.1, 0.15) is 6.04 Å². The highest BCUT2D eigenvalue weighted by molar-refractivity contribution is 7.89. The summed E-state index contributed by atoms with van der Waals surface area (Å²) in [5.74, 6) is -1.83. The van der Waals surface area contributed by atoms with Crippen LogP contribution in [-0.4, -0.2) is 73.7 Å². The van der Waals surface area contributed by atoms with Crippen molar-refractivity contribution in [3.8, 4) is 0 Å². The summed E-state index contributed by atoms with van der Waals surface area (Å²) in [5.41, 5.74) is 5.26. The average Bonchev–Trinajstić information content (AvgIpc) is 2.42. The number of likely N-dealkylation sites (N-methyl/N-ethyl adjacent to an activating group) is 1. The minimum atomic E-state index is -3.57. The highest BCUT2D eigenvalue weighted by atomic mass is 32.2. The van der Waals surface area contributed by atoms with E-state index in [-0.39, 0.29) is 0 Å². The van der Waals surface area contributed by atoms with Crippen LogP contribution in [0.5, 0.6) is 0 Å². The summed E-state index contributed by atoms with van der Waals surface area (Å²) in [5, 5.41) is 8.63. The second-order valence-electron chi connectivity index (χ2n) is 4.28. The molecule has 0 bridgehead atoms. The SMILES string of the molecule is CN1CCCN(S(=O)(=O)CC(N)C(=O)O)CC1. The van der Waals surface area contributed by atoms with Crippen molar-refractivity contribution in [1.82, 2.24) is 9.21 Å². The Labute approximate surface area is 101 Å². The van der Waals surface area contributed by atoms with Gasteiger partial charge in [0.15, 0.2) is 0 Å². The molecule has 0 amide bonds. The van der Waals surface area contributed by atoms with Gasteiger partial charge in [0, 0.05) is 19.6 Å². The summed E-state index contributed by atoms with van der Waals surface area (Å²) in [6.07, 6.45) is 0.748. The number of sulfonamides is 1. The van der Waals surface area contributed by atoms with Crippen molar-refractivity contribution in [1.29, 1.82) is 0 Å². The average molecular weight is 265 g/mol. The Hall–Kier alpha value is -0.700. The molecule has 1 aliphatic rings. The zero-order valence-corrected chi connectivity index (χ0v) is 10.7. The fraction of sp³-hybridized carbons (Fsp3) is 0.889. The topological polar surface area (TPSA) is 104 Å². The first-order chi connectivity index (χ1) is 7.83. The summed E-state index contributed by atoms with van der Waals surface area (Å²) >= 11 is 0. The van der Waals surface area contributed by atoms with Gasteiger partial charge >= 0.3 is 5.97 Å². The summed E-state index contributed by atoms with van der Waals surface area (Å²) in [7, 11) is -1.64. The van der Waals surface area contributed by atoms with Gasteiger partial charge in [0.25, 0.3) is 0 Å². The van der Waals surface area contributed by atoms with Gasteiger partial charge in [-0.2, -0.15) is 0 Å². The Morgan fingerprint density at radius 3 is 2.59 bits per heavy atom. The fourth-order valence-electron chi connectivity index (χ4n) is 1.70. The summed E-state index contributed by atoms with van der Waals surface area (Å²) in [4.78, 5) is 12.6. The van der Waals surface area contributed by atoms with E-state index < -0.39 is 27.8 Å². The maximum Gasteiger partial charge on any atom is 0.321 e. The molecule has 1 atom stereocenters. The van der Waals surface area contributed by atoms with Gasteiger partial charge in [0.05, 0.1) is 5.75 Å². The molecule has 1 fully saturated rings. The number of hydrogen-bond donors (Lipinski definition) is 2. The van der Waals surface area contributed by atoms with E-state index in [2.05, 4.69) is 0 Å². The molecule has 0 saturated carbocycles. The van der Waals surface area contributed by atoms with Crippen molar-refractivity contribution in [2.45, 2.75) is 12.5 Å². The molecule has 0 spiro atoms. The Morgan fingerprint density at radius 2 is 2.00 bits per heavy atom. The Balaban J connectivity index is 2.66. The molecule has 0 aromatic carbocycles. The van der Waals surface area contributed by atoms with E-state index in [1.54, 1.807) is 0 Å². The summed E-state index contributed by atoms with van der Waals surface area (Å²) in [6, 6.07) is -1.36. The Bertz CT molecular complexity index is 370. The lowest BCUT2D eigenvalue weighted by molar-refractivity contribution is -0.137. The second-order valence-corrected chi connectivity index (χ2v) is 6.29. The molecule has 8 heteroatoms. The van der Waals surface area contributed by atoms with Crippen LogP contribution in [0.3, 0.4) is 0 Å². The molecule has 7 nitrogen and oxygen atoms in total. The summed E-state index contributed by atoms with van der Waals surface area (Å²) < 4.78 is 25.2. The predicted molar refractivity (Wildman–Crippen MR) is 63.1 cm³/mol. The van der Waals surface area contributed by atoms with Crippen molar-refractivity contribution in [2.24, 2.45) is 5.73 Å². The Kier molecular flexibility index (Phi) is 4.87. The molecule has 1 heterocycles. The van der Waals surface area contributed by atoms with Crippen LogP contribution in [0.2, 0.25) is 0 Å². The number of carboxylic acid groups (broad SMARTS) is 1. The van der Waals surface area contributed by atoms with E-state index in [1.165, 1.54) is 4.31 Å². The molecule has 1 aliphatic heterocycles. The number of carbonyl (C=O) groups is 1. The molecule has 1 unspecified atom stereocenters. The molecule has 1 saturated heterocycles. The third-order valence-corrected chi connectivity index (χ3v) is 4.71. The van der Waals surface area contributed by atoms with E-state index in [4.69, 9.17) is 10.8 Å². The lowest BCUT2D eigenvalue weighted by Crippen LogP contribution is -2.44. The van der Waals surface area contributed by atoms with Crippen molar-refractivity contribution in [3.05, 3.63) is 0 Å². The zero-order chi connectivity index (χ0) is 13.1. The van der Waals surface area contributed by atoms with Crippen molar-refractivity contribution >= 4 is 16.0 Å². The van der Waals surface area contributed by atoms with Crippen molar-refractivity contribution in [3.63, 3.8) is 0 Å². The van der Waals surface area contributed by atoms with Crippen LogP contribution in [0.25, 0.3) is 0 Å². The van der Waals surface area contributed by atoms with Gasteiger partial charge in [-0.05, 0) is 20.0 Å². The minimum Gasteiger partial charge on any atom is -0.480 e. The number of rotatable bonds is 4. The number of hydrogen-bond acceptors (Lipinski definition) is 5. The largest absolute Gasteiger partial charge is 0.480 e. The third-order valence-electron chi connectivity index (χ3n) is 2.78. The molecule has 0 aromatic heterocycles. The first-order valence-corrected chi connectivity index (χ1v) is 7.08. The second kappa shape index (κ2) is 5.76. The fourth-order valence-corrected chi connectivity index (χ4v) is 3.28. The van der Waals surface area contributed by atoms with Crippen LogP contribution in [0.1, 0.15) is 6.42 Å². The molecular weight excluding hydrogens is 246 g/mol. The van der Waals surface area contributed by atoms with Crippen LogP contribution in [0, 0.1) is 0 Å². The quantitative estimate of drug-likeness (QED) is 0.632. The highest BCUT2D eigenvalue weighted by Crippen LogP contribution is 2.08. The van der Waals surface area contributed by atoms with Crippen LogP contribution in [0.4, 0.5) is 0 Å². The number of carboxylic acids is 1. The molecule has 0 aromatic rings. The van der Waals surface area contributed by atoms with E-state index in [0.29, 0.717) is 19.6 Å². The van der Waals surface area contributed by atoms with Gasteiger partial charge in [-0.3, -0.25) is 4.79 Å². The minimum absolute atomic E-state index is 0.394. The van der Waals surface area contributed by atoms with Gasteiger partial charge in [-0.15, -0.1) is 0 Å². The van der Waals surface area contributed by atoms with Crippen molar-refractivity contribution in [2.75, 3.05) is 39.0 Å².